The van der Waals surface area contributed by atoms with Gasteiger partial charge in [0.05, 0.1) is 17.8 Å². The molecule has 0 bridgehead atoms. The second-order valence-electron chi connectivity index (χ2n) is 9.00. The van der Waals surface area contributed by atoms with Crippen LogP contribution in [0, 0.1) is 13.8 Å². The smallest absolute Gasteiger partial charge is 0.381 e. The Labute approximate surface area is 208 Å². The van der Waals surface area contributed by atoms with Gasteiger partial charge in [0.25, 0.3) is 0 Å². The van der Waals surface area contributed by atoms with Crippen LogP contribution in [0.4, 0.5) is 18.9 Å². The Bertz CT molecular complexity index is 1500. The molecular weight excluding hydrogens is 459 g/mol. The Morgan fingerprint density at radius 3 is 2.22 bits per heavy atom. The lowest BCUT2D eigenvalue weighted by molar-refractivity contribution is -0.136. The second-order valence-corrected chi connectivity index (χ2v) is 9.00. The van der Waals surface area contributed by atoms with Gasteiger partial charge in [-0.3, -0.25) is 4.68 Å². The number of halogens is 3. The number of nitrogens with zero attached hydrogens (tertiary/aromatic N) is 2. The molecule has 4 aromatic carbocycles. The second kappa shape index (κ2) is 9.53. The van der Waals surface area contributed by atoms with Gasteiger partial charge >= 0.3 is 6.18 Å². The average molecular weight is 486 g/mol. The minimum Gasteiger partial charge on any atom is -0.381 e. The van der Waals surface area contributed by atoms with Crippen molar-refractivity contribution in [2.45, 2.75) is 33.1 Å². The number of hydrogen-bond donors (Lipinski definition) is 1. The maximum atomic E-state index is 13.8. The molecule has 1 heterocycles. The third kappa shape index (κ3) is 4.71. The maximum Gasteiger partial charge on any atom is 0.418 e. The Balaban J connectivity index is 1.58. The third-order valence-corrected chi connectivity index (χ3v) is 6.50. The molecule has 36 heavy (non-hydrogen) atoms. The van der Waals surface area contributed by atoms with Crippen LogP contribution in [-0.2, 0) is 19.3 Å². The predicted molar refractivity (Wildman–Crippen MR) is 139 cm³/mol. The van der Waals surface area contributed by atoms with Gasteiger partial charge in [0.15, 0.2) is 0 Å². The van der Waals surface area contributed by atoms with Gasteiger partial charge < -0.3 is 5.32 Å². The van der Waals surface area contributed by atoms with E-state index in [1.165, 1.54) is 22.8 Å². The fourth-order valence-electron chi connectivity index (χ4n) is 4.65. The van der Waals surface area contributed by atoms with Gasteiger partial charge in [-0.1, -0.05) is 72.8 Å². The zero-order chi connectivity index (χ0) is 25.3. The van der Waals surface area contributed by atoms with Gasteiger partial charge in [0.2, 0.25) is 0 Å². The summed E-state index contributed by atoms with van der Waals surface area (Å²) in [6, 6.07) is 27.9. The van der Waals surface area contributed by atoms with Gasteiger partial charge in [-0.15, -0.1) is 0 Å². The molecule has 5 rings (SSSR count). The lowest BCUT2D eigenvalue weighted by Gasteiger charge is -2.14. The molecule has 0 unspecified atom stereocenters. The van der Waals surface area contributed by atoms with Crippen molar-refractivity contribution in [2.75, 3.05) is 5.32 Å². The average Bonchev–Trinajstić information content (AvgIpc) is 3.21. The molecule has 0 spiro atoms. The minimum absolute atomic E-state index is 0.0372. The normalized spacial score (nSPS) is 11.7. The summed E-state index contributed by atoms with van der Waals surface area (Å²) >= 11 is 0. The molecule has 0 atom stereocenters. The molecule has 0 saturated carbocycles. The summed E-state index contributed by atoms with van der Waals surface area (Å²) in [6.45, 7) is 5.20. The van der Waals surface area contributed by atoms with Crippen molar-refractivity contribution in [3.8, 4) is 11.3 Å². The van der Waals surface area contributed by atoms with Crippen LogP contribution in [0.3, 0.4) is 0 Å². The molecule has 0 aliphatic rings. The van der Waals surface area contributed by atoms with Crippen molar-refractivity contribution >= 4 is 16.6 Å². The first-order chi connectivity index (χ1) is 17.3. The van der Waals surface area contributed by atoms with Gasteiger partial charge in [0, 0.05) is 23.2 Å². The van der Waals surface area contributed by atoms with E-state index in [2.05, 4.69) is 36.4 Å². The molecule has 1 N–H and O–H groups in total. The zero-order valence-electron chi connectivity index (χ0n) is 20.1. The van der Waals surface area contributed by atoms with Crippen LogP contribution in [0.1, 0.15) is 27.8 Å². The predicted octanol–water partition coefficient (Wildman–Crippen LogP) is 8.00. The molecule has 5 aromatic rings. The van der Waals surface area contributed by atoms with E-state index in [0.29, 0.717) is 24.2 Å². The lowest BCUT2D eigenvalue weighted by Crippen LogP contribution is -2.07. The quantitative estimate of drug-likeness (QED) is 0.264. The topological polar surface area (TPSA) is 29.9 Å². The lowest BCUT2D eigenvalue weighted by atomic mass is 10.0. The molecule has 0 saturated heterocycles. The van der Waals surface area contributed by atoms with Crippen LogP contribution in [0.15, 0.2) is 91.0 Å². The van der Waals surface area contributed by atoms with E-state index in [0.717, 1.165) is 22.9 Å². The first kappa shape index (κ1) is 23.7. The summed E-state index contributed by atoms with van der Waals surface area (Å²) < 4.78 is 43.1. The van der Waals surface area contributed by atoms with E-state index in [4.69, 9.17) is 0 Å². The van der Waals surface area contributed by atoms with E-state index in [1.54, 1.807) is 10.7 Å². The molecular formula is C30H26F3N3. The van der Waals surface area contributed by atoms with Crippen LogP contribution in [-0.4, -0.2) is 9.78 Å². The summed E-state index contributed by atoms with van der Waals surface area (Å²) in [6.07, 6.45) is -4.49. The van der Waals surface area contributed by atoms with Crippen LogP contribution in [0.2, 0.25) is 0 Å². The number of aryl methyl sites for hydroxylation is 2. The number of fused-ring (bicyclic) bond motifs is 1. The van der Waals surface area contributed by atoms with Crippen LogP contribution in [0.5, 0.6) is 0 Å². The van der Waals surface area contributed by atoms with Crippen molar-refractivity contribution in [3.05, 3.63) is 119 Å². The minimum atomic E-state index is -4.49. The van der Waals surface area contributed by atoms with Gasteiger partial charge in [-0.25, -0.2) is 0 Å². The molecule has 1 aromatic heterocycles. The first-order valence-corrected chi connectivity index (χ1v) is 11.8. The van der Waals surface area contributed by atoms with Crippen molar-refractivity contribution < 1.29 is 13.2 Å². The summed E-state index contributed by atoms with van der Waals surface area (Å²) in [5.74, 6) is 0. The fraction of sp³-hybridized carbons (Fsp3) is 0.167. The molecule has 0 aliphatic heterocycles. The molecule has 6 heteroatoms. The molecule has 0 radical (unpaired) electrons. The van der Waals surface area contributed by atoms with E-state index in [9.17, 15) is 13.2 Å². The molecule has 0 amide bonds. The number of aromatic nitrogens is 2. The van der Waals surface area contributed by atoms with Crippen molar-refractivity contribution in [2.24, 2.45) is 0 Å². The number of anilines is 1. The van der Waals surface area contributed by atoms with Crippen molar-refractivity contribution in [1.82, 2.24) is 9.78 Å². The van der Waals surface area contributed by atoms with Gasteiger partial charge in [0.1, 0.15) is 5.52 Å². The highest BCUT2D eigenvalue weighted by Crippen LogP contribution is 2.38. The number of nitrogens with one attached hydrogen (secondary N) is 1. The highest BCUT2D eigenvalue weighted by atomic mass is 19.4. The highest BCUT2D eigenvalue weighted by molar-refractivity contribution is 5.95. The van der Waals surface area contributed by atoms with E-state index in [-0.39, 0.29) is 5.52 Å². The summed E-state index contributed by atoms with van der Waals surface area (Å²) in [4.78, 5) is 0. The van der Waals surface area contributed by atoms with E-state index < -0.39 is 11.7 Å². The van der Waals surface area contributed by atoms with Crippen LogP contribution >= 0.6 is 0 Å². The fourth-order valence-corrected chi connectivity index (χ4v) is 4.65. The summed E-state index contributed by atoms with van der Waals surface area (Å²) in [7, 11) is 0. The van der Waals surface area contributed by atoms with Crippen LogP contribution < -0.4 is 5.32 Å². The highest BCUT2D eigenvalue weighted by Gasteiger charge is 2.34. The Kier molecular flexibility index (Phi) is 6.27. The standard InChI is InChI=1S/C30H26F3N3/c1-20-9-6-10-21(2)26(20)18-34-24-14-7-13-23(17-24)29-25-15-8-16-27(30(31,32)33)28(25)35-36(29)19-22-11-4-3-5-12-22/h3-17,34H,18-19H2,1-2H3. The van der Waals surface area contributed by atoms with E-state index >= 15 is 0 Å². The Morgan fingerprint density at radius 1 is 0.806 bits per heavy atom. The molecule has 3 nitrogen and oxygen atoms in total. The number of alkyl halides is 3. The molecule has 0 aliphatic carbocycles. The zero-order valence-corrected chi connectivity index (χ0v) is 20.1. The number of benzene rings is 4. The Morgan fingerprint density at radius 2 is 1.50 bits per heavy atom. The third-order valence-electron chi connectivity index (χ3n) is 6.50. The SMILES string of the molecule is Cc1cccc(C)c1CNc1cccc(-c2c3cccc(C(F)(F)F)c3nn2Cc2ccccc2)c1. The number of hydrogen-bond acceptors (Lipinski definition) is 2. The monoisotopic (exact) mass is 485 g/mol. The first-order valence-electron chi connectivity index (χ1n) is 11.8. The van der Waals surface area contributed by atoms with E-state index in [1.807, 2.05) is 60.7 Å². The summed E-state index contributed by atoms with van der Waals surface area (Å²) in [5, 5.41) is 8.44. The van der Waals surface area contributed by atoms with Crippen molar-refractivity contribution in [1.29, 1.82) is 0 Å². The largest absolute Gasteiger partial charge is 0.418 e. The molecule has 182 valence electrons. The van der Waals surface area contributed by atoms with Crippen LogP contribution in [0.25, 0.3) is 22.2 Å². The van der Waals surface area contributed by atoms with Crippen molar-refractivity contribution in [3.63, 3.8) is 0 Å². The summed E-state index contributed by atoms with van der Waals surface area (Å²) in [5.41, 5.74) is 6.22. The maximum absolute atomic E-state index is 13.8. The Hall–Kier alpha value is -4.06. The number of rotatable bonds is 6. The van der Waals surface area contributed by atoms with Gasteiger partial charge in [-0.05, 0) is 54.3 Å². The molecule has 0 fully saturated rings. The van der Waals surface area contributed by atoms with Gasteiger partial charge in [-0.2, -0.15) is 18.3 Å².